The topological polar surface area (TPSA) is 28.2 Å². The summed E-state index contributed by atoms with van der Waals surface area (Å²) in [5, 5.41) is 3.43. The van der Waals surface area contributed by atoms with E-state index in [1.165, 1.54) is 24.8 Å². The van der Waals surface area contributed by atoms with Gasteiger partial charge in [0.05, 0.1) is 0 Å². The highest BCUT2D eigenvalue weighted by Gasteiger charge is 2.11. The van der Waals surface area contributed by atoms with Crippen molar-refractivity contribution in [3.05, 3.63) is 23.4 Å². The fraction of sp³-hybridized carbons (Fsp3) is 0.688. The van der Waals surface area contributed by atoms with Crippen molar-refractivity contribution in [2.45, 2.75) is 59.5 Å². The minimum atomic E-state index is 0.543. The first-order valence-corrected chi connectivity index (χ1v) is 7.50. The van der Waals surface area contributed by atoms with Crippen molar-refractivity contribution in [1.82, 2.24) is 10.3 Å². The molecule has 19 heavy (non-hydrogen) atoms. The Labute approximate surface area is 118 Å². The lowest BCUT2D eigenvalue weighted by molar-refractivity contribution is 0.610. The fourth-order valence-corrected chi connectivity index (χ4v) is 2.20. The van der Waals surface area contributed by atoms with Gasteiger partial charge in [0, 0.05) is 25.3 Å². The van der Waals surface area contributed by atoms with Crippen LogP contribution in [0.4, 0.5) is 5.82 Å². The Morgan fingerprint density at radius 1 is 1.26 bits per heavy atom. The number of nitrogens with zero attached hydrogens (tertiary/aromatic N) is 2. The van der Waals surface area contributed by atoms with Crippen LogP contribution in [-0.4, -0.2) is 24.6 Å². The molecule has 1 heterocycles. The van der Waals surface area contributed by atoms with E-state index in [4.69, 9.17) is 4.98 Å². The molecule has 0 aromatic carbocycles. The summed E-state index contributed by atoms with van der Waals surface area (Å²) in [5.41, 5.74) is 2.44. The SMILES string of the molecule is CCCNCc1ccc(N(C)C(C)CCC)nc1C. The molecule has 1 unspecified atom stereocenters. The lowest BCUT2D eigenvalue weighted by Gasteiger charge is -2.26. The normalized spacial score (nSPS) is 12.5. The van der Waals surface area contributed by atoms with Crippen LogP contribution in [0.3, 0.4) is 0 Å². The van der Waals surface area contributed by atoms with Gasteiger partial charge < -0.3 is 10.2 Å². The van der Waals surface area contributed by atoms with Gasteiger partial charge in [0.25, 0.3) is 0 Å². The molecule has 0 aliphatic carbocycles. The van der Waals surface area contributed by atoms with E-state index < -0.39 is 0 Å². The zero-order valence-electron chi connectivity index (χ0n) is 13.2. The van der Waals surface area contributed by atoms with Crippen LogP contribution in [0.25, 0.3) is 0 Å². The predicted molar refractivity (Wildman–Crippen MR) is 83.7 cm³/mol. The van der Waals surface area contributed by atoms with E-state index in [9.17, 15) is 0 Å². The molecule has 0 saturated carbocycles. The fourth-order valence-electron chi connectivity index (χ4n) is 2.20. The standard InChI is InChI=1S/C16H29N3/c1-6-8-13(3)19(5)16-10-9-15(14(4)18-16)12-17-11-7-2/h9-10,13,17H,6-8,11-12H2,1-5H3. The van der Waals surface area contributed by atoms with Crippen LogP contribution in [0.1, 0.15) is 51.3 Å². The van der Waals surface area contributed by atoms with E-state index in [2.05, 4.69) is 57.1 Å². The smallest absolute Gasteiger partial charge is 0.128 e. The molecule has 3 heteroatoms. The quantitative estimate of drug-likeness (QED) is 0.727. The van der Waals surface area contributed by atoms with Crippen molar-refractivity contribution in [2.24, 2.45) is 0 Å². The second-order valence-electron chi connectivity index (χ2n) is 5.34. The minimum Gasteiger partial charge on any atom is -0.357 e. The van der Waals surface area contributed by atoms with Gasteiger partial charge in [-0.2, -0.15) is 0 Å². The highest BCUT2D eigenvalue weighted by atomic mass is 15.2. The van der Waals surface area contributed by atoms with Crippen molar-refractivity contribution < 1.29 is 0 Å². The maximum absolute atomic E-state index is 4.74. The van der Waals surface area contributed by atoms with Crippen LogP contribution in [-0.2, 0) is 6.54 Å². The summed E-state index contributed by atoms with van der Waals surface area (Å²) in [6.07, 6.45) is 3.59. The number of hydrogen-bond acceptors (Lipinski definition) is 3. The summed E-state index contributed by atoms with van der Waals surface area (Å²) in [7, 11) is 2.14. The Balaban J connectivity index is 2.70. The van der Waals surface area contributed by atoms with Gasteiger partial charge in [0.15, 0.2) is 0 Å². The zero-order valence-corrected chi connectivity index (χ0v) is 13.2. The molecular weight excluding hydrogens is 234 g/mol. The Bertz CT molecular complexity index is 376. The van der Waals surface area contributed by atoms with Crippen molar-refractivity contribution in [1.29, 1.82) is 0 Å². The van der Waals surface area contributed by atoms with Crippen LogP contribution >= 0.6 is 0 Å². The number of pyridine rings is 1. The third kappa shape index (κ3) is 4.83. The van der Waals surface area contributed by atoms with E-state index in [-0.39, 0.29) is 0 Å². The van der Waals surface area contributed by atoms with Gasteiger partial charge in [0.2, 0.25) is 0 Å². The van der Waals surface area contributed by atoms with Crippen LogP contribution < -0.4 is 10.2 Å². The molecular formula is C16H29N3. The monoisotopic (exact) mass is 263 g/mol. The number of nitrogens with one attached hydrogen (secondary N) is 1. The van der Waals surface area contributed by atoms with Crippen LogP contribution in [0.15, 0.2) is 12.1 Å². The number of aromatic nitrogens is 1. The molecule has 108 valence electrons. The number of anilines is 1. The van der Waals surface area contributed by atoms with E-state index >= 15 is 0 Å². The van der Waals surface area contributed by atoms with Crippen LogP contribution in [0.5, 0.6) is 0 Å². The third-order valence-electron chi connectivity index (χ3n) is 3.65. The molecule has 0 radical (unpaired) electrons. The van der Waals surface area contributed by atoms with E-state index in [1.807, 2.05) is 0 Å². The lowest BCUT2D eigenvalue weighted by atomic mass is 10.1. The highest BCUT2D eigenvalue weighted by Crippen LogP contribution is 2.17. The van der Waals surface area contributed by atoms with Gasteiger partial charge in [0.1, 0.15) is 5.82 Å². The Kier molecular flexibility index (Phi) is 6.85. The van der Waals surface area contributed by atoms with Crippen molar-refractivity contribution in [2.75, 3.05) is 18.5 Å². The molecule has 0 spiro atoms. The molecule has 0 fully saturated rings. The molecule has 1 N–H and O–H groups in total. The second-order valence-corrected chi connectivity index (χ2v) is 5.34. The Morgan fingerprint density at radius 2 is 2.00 bits per heavy atom. The molecule has 0 aliphatic heterocycles. The van der Waals surface area contributed by atoms with Crippen molar-refractivity contribution in [3.8, 4) is 0 Å². The first kappa shape index (κ1) is 16.0. The van der Waals surface area contributed by atoms with Crippen molar-refractivity contribution in [3.63, 3.8) is 0 Å². The predicted octanol–water partition coefficient (Wildman–Crippen LogP) is 3.51. The maximum atomic E-state index is 4.74. The molecule has 1 rings (SSSR count). The van der Waals surface area contributed by atoms with Gasteiger partial charge in [-0.1, -0.05) is 26.3 Å². The average Bonchev–Trinajstić information content (AvgIpc) is 2.40. The molecule has 0 saturated heterocycles. The van der Waals surface area contributed by atoms with E-state index in [0.717, 1.165) is 24.6 Å². The summed E-state index contributed by atoms with van der Waals surface area (Å²) >= 11 is 0. The summed E-state index contributed by atoms with van der Waals surface area (Å²) in [5.74, 6) is 1.08. The zero-order chi connectivity index (χ0) is 14.3. The van der Waals surface area contributed by atoms with Crippen LogP contribution in [0, 0.1) is 6.92 Å². The maximum Gasteiger partial charge on any atom is 0.128 e. The summed E-state index contributed by atoms with van der Waals surface area (Å²) in [6, 6.07) is 4.89. The second kappa shape index (κ2) is 8.16. The molecule has 1 atom stereocenters. The average molecular weight is 263 g/mol. The van der Waals surface area contributed by atoms with Gasteiger partial charge in [-0.15, -0.1) is 0 Å². The lowest BCUT2D eigenvalue weighted by Crippen LogP contribution is -2.29. The molecule has 0 amide bonds. The molecule has 0 bridgehead atoms. The molecule has 0 aliphatic rings. The Morgan fingerprint density at radius 3 is 2.58 bits per heavy atom. The minimum absolute atomic E-state index is 0.543. The first-order valence-electron chi connectivity index (χ1n) is 7.50. The largest absolute Gasteiger partial charge is 0.357 e. The van der Waals surface area contributed by atoms with Crippen LogP contribution in [0.2, 0.25) is 0 Å². The van der Waals surface area contributed by atoms with Gasteiger partial charge >= 0.3 is 0 Å². The molecule has 1 aromatic heterocycles. The van der Waals surface area contributed by atoms with E-state index in [0.29, 0.717) is 6.04 Å². The highest BCUT2D eigenvalue weighted by molar-refractivity contribution is 5.41. The number of hydrogen-bond donors (Lipinski definition) is 1. The summed E-state index contributed by atoms with van der Waals surface area (Å²) < 4.78 is 0. The first-order chi connectivity index (χ1) is 9.10. The number of rotatable bonds is 8. The summed E-state index contributed by atoms with van der Waals surface area (Å²) in [4.78, 5) is 7.02. The number of aryl methyl sites for hydroxylation is 1. The summed E-state index contributed by atoms with van der Waals surface area (Å²) in [6.45, 7) is 10.8. The molecule has 1 aromatic rings. The van der Waals surface area contributed by atoms with E-state index in [1.54, 1.807) is 0 Å². The Hall–Kier alpha value is -1.09. The van der Waals surface area contributed by atoms with Gasteiger partial charge in [-0.3, -0.25) is 0 Å². The van der Waals surface area contributed by atoms with Crippen molar-refractivity contribution >= 4 is 5.82 Å². The third-order valence-corrected chi connectivity index (χ3v) is 3.65. The molecule has 3 nitrogen and oxygen atoms in total. The van der Waals surface area contributed by atoms with Gasteiger partial charge in [-0.25, -0.2) is 4.98 Å². The van der Waals surface area contributed by atoms with Gasteiger partial charge in [-0.05, 0) is 44.9 Å².